The maximum absolute atomic E-state index is 12.3. The Hall–Kier alpha value is -2.49. The first kappa shape index (κ1) is 15.4. The molecule has 3 N–H and O–H groups in total. The number of piperidine rings is 1. The van der Waals surface area contributed by atoms with Crippen LogP contribution in [0.4, 0.5) is 17.1 Å². The summed E-state index contributed by atoms with van der Waals surface area (Å²) in [6.45, 7) is 4.52. The zero-order valence-electron chi connectivity index (χ0n) is 13.5. The summed E-state index contributed by atoms with van der Waals surface area (Å²) in [5, 5.41) is 2.90. The lowest BCUT2D eigenvalue weighted by atomic mass is 9.99. The van der Waals surface area contributed by atoms with Crippen molar-refractivity contribution in [2.24, 2.45) is 5.92 Å². The molecule has 0 unspecified atom stereocenters. The summed E-state index contributed by atoms with van der Waals surface area (Å²) < 4.78 is 0. The van der Waals surface area contributed by atoms with E-state index in [1.807, 2.05) is 24.3 Å². The standard InChI is InChI=1S/C19H23N3O/c1-14-10-12-22(13-11-14)16-8-6-15(7-9-16)21-19(23)17-4-2-3-5-18(17)20/h2-9,14H,10-13,20H2,1H3,(H,21,23). The highest BCUT2D eigenvalue weighted by atomic mass is 16.1. The Morgan fingerprint density at radius 1 is 1.09 bits per heavy atom. The predicted molar refractivity (Wildman–Crippen MR) is 95.9 cm³/mol. The molecule has 1 aliphatic rings. The first-order valence-corrected chi connectivity index (χ1v) is 8.14. The van der Waals surface area contributed by atoms with Gasteiger partial charge in [-0.15, -0.1) is 0 Å². The lowest BCUT2D eigenvalue weighted by Crippen LogP contribution is -2.32. The summed E-state index contributed by atoms with van der Waals surface area (Å²) in [5.41, 5.74) is 8.83. The van der Waals surface area contributed by atoms with Crippen LogP contribution in [0.15, 0.2) is 48.5 Å². The second kappa shape index (κ2) is 6.73. The smallest absolute Gasteiger partial charge is 0.257 e. The van der Waals surface area contributed by atoms with Crippen LogP contribution in [0.3, 0.4) is 0 Å². The van der Waals surface area contributed by atoms with E-state index in [2.05, 4.69) is 29.3 Å². The van der Waals surface area contributed by atoms with Gasteiger partial charge >= 0.3 is 0 Å². The Bertz CT molecular complexity index is 673. The van der Waals surface area contributed by atoms with E-state index in [0.717, 1.165) is 24.7 Å². The van der Waals surface area contributed by atoms with E-state index in [4.69, 9.17) is 5.73 Å². The van der Waals surface area contributed by atoms with Gasteiger partial charge in [-0.2, -0.15) is 0 Å². The molecule has 0 spiro atoms. The lowest BCUT2D eigenvalue weighted by molar-refractivity contribution is 0.102. The first-order chi connectivity index (χ1) is 11.1. The molecule has 1 fully saturated rings. The number of hydrogen-bond donors (Lipinski definition) is 2. The van der Waals surface area contributed by atoms with Gasteiger partial charge in [0.2, 0.25) is 0 Å². The number of anilines is 3. The Morgan fingerprint density at radius 2 is 1.74 bits per heavy atom. The Morgan fingerprint density at radius 3 is 2.39 bits per heavy atom. The number of amides is 1. The molecule has 4 nitrogen and oxygen atoms in total. The van der Waals surface area contributed by atoms with Crippen LogP contribution in [0.25, 0.3) is 0 Å². The Kier molecular flexibility index (Phi) is 4.51. The van der Waals surface area contributed by atoms with Crippen molar-refractivity contribution in [3.8, 4) is 0 Å². The van der Waals surface area contributed by atoms with Gasteiger partial charge in [0.15, 0.2) is 0 Å². The highest BCUT2D eigenvalue weighted by Crippen LogP contribution is 2.24. The van der Waals surface area contributed by atoms with Crippen LogP contribution in [0.1, 0.15) is 30.1 Å². The molecule has 3 rings (SSSR count). The molecule has 4 heteroatoms. The Labute approximate surface area is 137 Å². The van der Waals surface area contributed by atoms with E-state index >= 15 is 0 Å². The van der Waals surface area contributed by atoms with E-state index in [1.54, 1.807) is 12.1 Å². The van der Waals surface area contributed by atoms with Gasteiger partial charge in [-0.05, 0) is 55.2 Å². The number of nitrogens with one attached hydrogen (secondary N) is 1. The minimum Gasteiger partial charge on any atom is -0.398 e. The fraction of sp³-hybridized carbons (Fsp3) is 0.316. The van der Waals surface area contributed by atoms with Crippen molar-refractivity contribution in [1.29, 1.82) is 0 Å². The van der Waals surface area contributed by atoms with Gasteiger partial charge in [0.25, 0.3) is 5.91 Å². The number of carbonyl (C=O) groups is 1. The maximum atomic E-state index is 12.3. The number of benzene rings is 2. The van der Waals surface area contributed by atoms with Gasteiger partial charge in [0.1, 0.15) is 0 Å². The zero-order chi connectivity index (χ0) is 16.2. The van der Waals surface area contributed by atoms with Gasteiger partial charge in [-0.25, -0.2) is 0 Å². The predicted octanol–water partition coefficient (Wildman–Crippen LogP) is 3.76. The SMILES string of the molecule is CC1CCN(c2ccc(NC(=O)c3ccccc3N)cc2)CC1. The van der Waals surface area contributed by atoms with Crippen LogP contribution < -0.4 is 16.0 Å². The molecule has 0 radical (unpaired) electrons. The quantitative estimate of drug-likeness (QED) is 0.849. The number of nitrogens with two attached hydrogens (primary N) is 1. The fourth-order valence-corrected chi connectivity index (χ4v) is 2.92. The maximum Gasteiger partial charge on any atom is 0.257 e. The normalized spacial score (nSPS) is 15.4. The average Bonchev–Trinajstić information content (AvgIpc) is 2.57. The van der Waals surface area contributed by atoms with Crippen molar-refractivity contribution in [2.75, 3.05) is 29.0 Å². The summed E-state index contributed by atoms with van der Waals surface area (Å²) in [6.07, 6.45) is 2.48. The van der Waals surface area contributed by atoms with Crippen molar-refractivity contribution in [3.63, 3.8) is 0 Å². The number of rotatable bonds is 3. The van der Waals surface area contributed by atoms with E-state index < -0.39 is 0 Å². The molecular formula is C19H23N3O. The topological polar surface area (TPSA) is 58.4 Å². The monoisotopic (exact) mass is 309 g/mol. The van der Waals surface area contributed by atoms with Crippen molar-refractivity contribution < 1.29 is 4.79 Å². The van der Waals surface area contributed by atoms with Crippen LogP contribution in [0.2, 0.25) is 0 Å². The molecule has 23 heavy (non-hydrogen) atoms. The largest absolute Gasteiger partial charge is 0.398 e. The third kappa shape index (κ3) is 3.65. The molecule has 2 aromatic rings. The molecule has 1 heterocycles. The Balaban J connectivity index is 1.66. The van der Waals surface area contributed by atoms with Crippen molar-refractivity contribution in [1.82, 2.24) is 0 Å². The van der Waals surface area contributed by atoms with Crippen LogP contribution >= 0.6 is 0 Å². The van der Waals surface area contributed by atoms with Gasteiger partial charge in [0.05, 0.1) is 5.56 Å². The van der Waals surface area contributed by atoms with Crippen LogP contribution in [0, 0.1) is 5.92 Å². The first-order valence-electron chi connectivity index (χ1n) is 8.14. The third-order valence-corrected chi connectivity index (χ3v) is 4.48. The van der Waals surface area contributed by atoms with Crippen molar-refractivity contribution in [3.05, 3.63) is 54.1 Å². The van der Waals surface area contributed by atoms with Gasteiger partial charge in [-0.3, -0.25) is 4.79 Å². The second-order valence-corrected chi connectivity index (χ2v) is 6.26. The number of para-hydroxylation sites is 1. The number of hydrogen-bond acceptors (Lipinski definition) is 3. The van der Waals surface area contributed by atoms with E-state index in [9.17, 15) is 4.79 Å². The minimum absolute atomic E-state index is 0.178. The molecule has 1 saturated heterocycles. The zero-order valence-corrected chi connectivity index (χ0v) is 13.5. The summed E-state index contributed by atoms with van der Waals surface area (Å²) in [7, 11) is 0. The fourth-order valence-electron chi connectivity index (χ4n) is 2.92. The van der Waals surface area contributed by atoms with Crippen molar-refractivity contribution in [2.45, 2.75) is 19.8 Å². The van der Waals surface area contributed by atoms with Crippen molar-refractivity contribution >= 4 is 23.0 Å². The summed E-state index contributed by atoms with van der Waals surface area (Å²) in [4.78, 5) is 14.7. The van der Waals surface area contributed by atoms with Crippen LogP contribution in [0.5, 0.6) is 0 Å². The van der Waals surface area contributed by atoms with Gasteiger partial charge < -0.3 is 16.0 Å². The summed E-state index contributed by atoms with van der Waals surface area (Å²) in [6, 6.07) is 15.1. The van der Waals surface area contributed by atoms with Gasteiger partial charge in [-0.1, -0.05) is 19.1 Å². The second-order valence-electron chi connectivity index (χ2n) is 6.26. The van der Waals surface area contributed by atoms with E-state index in [-0.39, 0.29) is 5.91 Å². The molecule has 0 bridgehead atoms. The molecule has 1 amide bonds. The number of carbonyl (C=O) groups excluding carboxylic acids is 1. The molecule has 0 aromatic heterocycles. The van der Waals surface area contributed by atoms with Crippen LogP contribution in [-0.2, 0) is 0 Å². The molecule has 1 aliphatic heterocycles. The molecule has 0 saturated carbocycles. The van der Waals surface area contributed by atoms with E-state index in [0.29, 0.717) is 11.3 Å². The van der Waals surface area contributed by atoms with Gasteiger partial charge in [0, 0.05) is 30.2 Å². The molecule has 120 valence electrons. The molecular weight excluding hydrogens is 286 g/mol. The average molecular weight is 309 g/mol. The van der Waals surface area contributed by atoms with Crippen LogP contribution in [-0.4, -0.2) is 19.0 Å². The summed E-state index contributed by atoms with van der Waals surface area (Å²) in [5.74, 6) is 0.642. The number of nitrogens with zero attached hydrogens (tertiary/aromatic N) is 1. The highest BCUT2D eigenvalue weighted by molar-refractivity contribution is 6.07. The molecule has 0 aliphatic carbocycles. The molecule has 2 aromatic carbocycles. The summed E-state index contributed by atoms with van der Waals surface area (Å²) >= 11 is 0. The minimum atomic E-state index is -0.178. The highest BCUT2D eigenvalue weighted by Gasteiger charge is 2.16. The third-order valence-electron chi connectivity index (χ3n) is 4.48. The molecule has 0 atom stereocenters. The van der Waals surface area contributed by atoms with E-state index in [1.165, 1.54) is 18.5 Å². The lowest BCUT2D eigenvalue weighted by Gasteiger charge is -2.32. The number of nitrogen functional groups attached to an aromatic ring is 1.